The van der Waals surface area contributed by atoms with Crippen LogP contribution in [-0.2, 0) is 28.5 Å². The molecule has 0 bridgehead atoms. The highest BCUT2D eigenvalue weighted by Crippen LogP contribution is 2.68. The van der Waals surface area contributed by atoms with Gasteiger partial charge in [-0.05, 0) is 55.3 Å². The van der Waals surface area contributed by atoms with Gasteiger partial charge in [0.15, 0.2) is 0 Å². The van der Waals surface area contributed by atoms with E-state index in [0.29, 0.717) is 31.5 Å². The van der Waals surface area contributed by atoms with E-state index in [2.05, 4.69) is 13.8 Å². The molecule has 8 atom stereocenters. The number of fused-ring (bicyclic) bond motifs is 2. The number of ether oxygens (including phenoxy) is 4. The molecule has 0 unspecified atom stereocenters. The van der Waals surface area contributed by atoms with Crippen LogP contribution >= 0.6 is 0 Å². The molecule has 0 amide bonds. The summed E-state index contributed by atoms with van der Waals surface area (Å²) < 4.78 is 22.2. The lowest BCUT2D eigenvalue weighted by atomic mass is 9.92. The average molecular weight is 380 g/mol. The van der Waals surface area contributed by atoms with Crippen molar-refractivity contribution in [3.8, 4) is 0 Å². The Kier molecular flexibility index (Phi) is 4.78. The van der Waals surface area contributed by atoms with Crippen LogP contribution in [0.15, 0.2) is 0 Å². The Bertz CT molecular complexity index is 620. The number of carbonyl (C=O) groups excluding carboxylic acids is 2. The van der Waals surface area contributed by atoms with Gasteiger partial charge in [-0.25, -0.2) is 0 Å². The van der Waals surface area contributed by atoms with Crippen molar-refractivity contribution in [2.45, 2.75) is 58.7 Å². The topological polar surface area (TPSA) is 71.1 Å². The molecule has 4 rings (SSSR count). The predicted octanol–water partition coefficient (Wildman–Crippen LogP) is 2.59. The van der Waals surface area contributed by atoms with Crippen LogP contribution in [0.2, 0.25) is 0 Å². The standard InChI is InChI=1S/C21H32O6/c1-5-25-18(22)13-9-17(15-11-21(13,15)3)26-6-7-27-19(23)12-8-16(24-4)14-10-20(12,14)2/h12-17H,5-11H2,1-4H3/t12-,13+,14-,15+,16-,17+,20+,21-/m0/s1. The number of hydrogen-bond acceptors (Lipinski definition) is 6. The van der Waals surface area contributed by atoms with Crippen molar-refractivity contribution in [3.63, 3.8) is 0 Å². The van der Waals surface area contributed by atoms with Gasteiger partial charge in [0.2, 0.25) is 0 Å². The molecule has 4 aliphatic carbocycles. The summed E-state index contributed by atoms with van der Waals surface area (Å²) in [5, 5.41) is 0. The van der Waals surface area contributed by atoms with Gasteiger partial charge in [-0.15, -0.1) is 0 Å². The van der Waals surface area contributed by atoms with Gasteiger partial charge in [0.1, 0.15) is 6.61 Å². The first-order valence-electron chi connectivity index (χ1n) is 10.3. The zero-order valence-electron chi connectivity index (χ0n) is 16.9. The largest absolute Gasteiger partial charge is 0.466 e. The fraction of sp³-hybridized carbons (Fsp3) is 0.905. The van der Waals surface area contributed by atoms with Crippen LogP contribution in [0.4, 0.5) is 0 Å². The molecule has 0 N–H and O–H groups in total. The summed E-state index contributed by atoms with van der Waals surface area (Å²) in [6, 6.07) is 0. The molecular formula is C21H32O6. The molecule has 0 radical (unpaired) electrons. The first kappa shape index (κ1) is 19.2. The molecule has 0 aromatic heterocycles. The lowest BCUT2D eigenvalue weighted by molar-refractivity contribution is -0.153. The third kappa shape index (κ3) is 3.09. The number of carbonyl (C=O) groups is 2. The Balaban J connectivity index is 1.20. The van der Waals surface area contributed by atoms with E-state index >= 15 is 0 Å². The summed E-state index contributed by atoms with van der Waals surface area (Å²) in [4.78, 5) is 24.6. The minimum absolute atomic E-state index is 0.0299. The lowest BCUT2D eigenvalue weighted by Gasteiger charge is -2.20. The molecule has 27 heavy (non-hydrogen) atoms. The normalized spacial score (nSPS) is 46.5. The summed E-state index contributed by atoms with van der Waals surface area (Å²) in [7, 11) is 1.72. The SMILES string of the molecule is CCOC(=O)[C@H]1C[C@@H](OCCOC(=O)[C@@H]2C[C@H](OC)[C@@H]3C[C@]23C)[C@H]2C[C@@]12C. The van der Waals surface area contributed by atoms with Crippen molar-refractivity contribution >= 4 is 11.9 Å². The van der Waals surface area contributed by atoms with Gasteiger partial charge in [-0.2, -0.15) is 0 Å². The van der Waals surface area contributed by atoms with E-state index in [1.807, 2.05) is 6.92 Å². The van der Waals surface area contributed by atoms with E-state index in [1.165, 1.54) is 0 Å². The molecule has 4 saturated carbocycles. The second-order valence-electron chi connectivity index (χ2n) is 9.31. The molecule has 0 saturated heterocycles. The van der Waals surface area contributed by atoms with Crippen LogP contribution in [-0.4, -0.2) is 51.1 Å². The Morgan fingerprint density at radius 3 is 2.00 bits per heavy atom. The maximum Gasteiger partial charge on any atom is 0.309 e. The van der Waals surface area contributed by atoms with E-state index in [4.69, 9.17) is 18.9 Å². The van der Waals surface area contributed by atoms with Gasteiger partial charge in [0.25, 0.3) is 0 Å². The van der Waals surface area contributed by atoms with Crippen molar-refractivity contribution in [2.75, 3.05) is 26.9 Å². The summed E-state index contributed by atoms with van der Waals surface area (Å²) >= 11 is 0. The van der Waals surface area contributed by atoms with Crippen LogP contribution in [0.1, 0.15) is 46.5 Å². The zero-order chi connectivity index (χ0) is 19.4. The quantitative estimate of drug-likeness (QED) is 0.476. The molecule has 0 heterocycles. The molecule has 4 aliphatic rings. The highest BCUT2D eigenvalue weighted by Gasteiger charge is 2.67. The average Bonchev–Trinajstić information content (AvgIpc) is 3.45. The van der Waals surface area contributed by atoms with Gasteiger partial charge in [0, 0.05) is 7.11 Å². The van der Waals surface area contributed by atoms with Crippen molar-refractivity contribution < 1.29 is 28.5 Å². The van der Waals surface area contributed by atoms with Crippen LogP contribution in [0.5, 0.6) is 0 Å². The third-order valence-electron chi connectivity index (χ3n) is 7.94. The summed E-state index contributed by atoms with van der Waals surface area (Å²) in [5.74, 6) is 0.592. The van der Waals surface area contributed by atoms with Gasteiger partial charge in [0.05, 0.1) is 37.3 Å². The molecule has 0 aliphatic heterocycles. The maximum atomic E-state index is 12.5. The Hall–Kier alpha value is -1.14. The van der Waals surface area contributed by atoms with Gasteiger partial charge in [-0.1, -0.05) is 13.8 Å². The summed E-state index contributed by atoms with van der Waals surface area (Å²) in [6.07, 6.45) is 3.81. The van der Waals surface area contributed by atoms with Gasteiger partial charge >= 0.3 is 11.9 Å². The van der Waals surface area contributed by atoms with Crippen molar-refractivity contribution in [3.05, 3.63) is 0 Å². The predicted molar refractivity (Wildman–Crippen MR) is 96.8 cm³/mol. The number of hydrogen-bond donors (Lipinski definition) is 0. The van der Waals surface area contributed by atoms with Gasteiger partial charge in [-0.3, -0.25) is 9.59 Å². The third-order valence-corrected chi connectivity index (χ3v) is 7.94. The van der Waals surface area contributed by atoms with Crippen molar-refractivity contribution in [2.24, 2.45) is 34.5 Å². The van der Waals surface area contributed by atoms with Crippen LogP contribution in [0.3, 0.4) is 0 Å². The fourth-order valence-corrected chi connectivity index (χ4v) is 5.94. The van der Waals surface area contributed by atoms with Crippen molar-refractivity contribution in [1.29, 1.82) is 0 Å². The second kappa shape index (κ2) is 6.73. The van der Waals surface area contributed by atoms with Crippen LogP contribution in [0.25, 0.3) is 0 Å². The zero-order valence-corrected chi connectivity index (χ0v) is 16.9. The number of esters is 2. The first-order valence-corrected chi connectivity index (χ1v) is 10.3. The molecule has 0 aromatic rings. The van der Waals surface area contributed by atoms with Crippen LogP contribution < -0.4 is 0 Å². The highest BCUT2D eigenvalue weighted by atomic mass is 16.6. The summed E-state index contributed by atoms with van der Waals surface area (Å²) in [5.41, 5.74) is 0.0922. The fourth-order valence-electron chi connectivity index (χ4n) is 5.94. The van der Waals surface area contributed by atoms with E-state index in [-0.39, 0.29) is 53.4 Å². The van der Waals surface area contributed by atoms with Crippen LogP contribution in [0, 0.1) is 34.5 Å². The summed E-state index contributed by atoms with van der Waals surface area (Å²) in [6.45, 7) is 7.24. The Morgan fingerprint density at radius 1 is 0.889 bits per heavy atom. The van der Waals surface area contributed by atoms with E-state index in [9.17, 15) is 9.59 Å². The molecule has 4 fully saturated rings. The molecule has 0 aromatic carbocycles. The number of rotatable bonds is 8. The maximum absolute atomic E-state index is 12.5. The monoisotopic (exact) mass is 380 g/mol. The number of methoxy groups -OCH3 is 1. The minimum Gasteiger partial charge on any atom is -0.466 e. The van der Waals surface area contributed by atoms with Gasteiger partial charge < -0.3 is 18.9 Å². The molecule has 6 heteroatoms. The minimum atomic E-state index is -0.116. The Labute approximate surface area is 161 Å². The van der Waals surface area contributed by atoms with E-state index in [0.717, 1.165) is 19.3 Å². The lowest BCUT2D eigenvalue weighted by Crippen LogP contribution is -2.27. The molecule has 152 valence electrons. The molecule has 6 nitrogen and oxygen atoms in total. The first-order chi connectivity index (χ1) is 12.8. The van der Waals surface area contributed by atoms with E-state index in [1.54, 1.807) is 7.11 Å². The smallest absolute Gasteiger partial charge is 0.309 e. The highest BCUT2D eigenvalue weighted by molar-refractivity contribution is 5.75. The second-order valence-corrected chi connectivity index (χ2v) is 9.31. The van der Waals surface area contributed by atoms with E-state index < -0.39 is 0 Å². The molecule has 0 spiro atoms. The Morgan fingerprint density at radius 2 is 1.44 bits per heavy atom. The van der Waals surface area contributed by atoms with Crippen molar-refractivity contribution in [1.82, 2.24) is 0 Å². The molecular weight excluding hydrogens is 348 g/mol.